The van der Waals surface area contributed by atoms with Crippen LogP contribution in [0.5, 0.6) is 5.75 Å². The second kappa shape index (κ2) is 8.51. The van der Waals surface area contributed by atoms with Crippen LogP contribution in [0, 0.1) is 25.2 Å². The molecule has 7 heteroatoms. The molecule has 140 valence electrons. The molecule has 0 saturated heterocycles. The minimum Gasteiger partial charge on any atom is -0.483 e. The summed E-state index contributed by atoms with van der Waals surface area (Å²) in [7, 11) is 0. The Hall–Kier alpha value is -2.43. The second-order valence-corrected chi connectivity index (χ2v) is 8.10. The monoisotopic (exact) mass is 399 g/mol. The Kier molecular flexibility index (Phi) is 6.09. The van der Waals surface area contributed by atoms with Crippen molar-refractivity contribution in [1.29, 1.82) is 5.26 Å². The number of fused-ring (bicyclic) bond motifs is 1. The van der Waals surface area contributed by atoms with Crippen molar-refractivity contribution < 1.29 is 9.53 Å². The number of anilines is 1. The summed E-state index contributed by atoms with van der Waals surface area (Å²) in [4.78, 5) is 13.4. The highest BCUT2D eigenvalue weighted by Gasteiger charge is 2.21. The number of hydrogen-bond acceptors (Lipinski definition) is 5. The van der Waals surface area contributed by atoms with Crippen LogP contribution < -0.4 is 15.4 Å². The normalized spacial score (nSPS) is 12.6. The van der Waals surface area contributed by atoms with Crippen molar-refractivity contribution in [3.05, 3.63) is 45.3 Å². The van der Waals surface area contributed by atoms with Crippen molar-refractivity contribution in [1.82, 2.24) is 5.32 Å². The lowest BCUT2D eigenvalue weighted by Crippen LogP contribution is -2.37. The number of nitriles is 1. The molecule has 0 aliphatic heterocycles. The van der Waals surface area contributed by atoms with E-state index in [0.29, 0.717) is 16.3 Å². The van der Waals surface area contributed by atoms with E-state index in [9.17, 15) is 10.1 Å². The number of nitrogens with one attached hydrogen (secondary N) is 2. The van der Waals surface area contributed by atoms with E-state index >= 15 is 0 Å². The fourth-order valence-electron chi connectivity index (χ4n) is 3.08. The number of carbonyl (C=O) groups is 1. The molecule has 1 aromatic heterocycles. The van der Waals surface area contributed by atoms with Crippen LogP contribution in [0.25, 0.3) is 0 Å². The molecule has 0 bridgehead atoms. The SMILES string of the molecule is Cc1ccc(C)c(OCC(=O)NC(=S)Nc2sc3c(c2C#N)CCCC3)c1. The molecule has 2 N–H and O–H groups in total. The molecule has 0 unspecified atom stereocenters. The fraction of sp³-hybridized carbons (Fsp3) is 0.350. The Morgan fingerprint density at radius 1 is 1.33 bits per heavy atom. The largest absolute Gasteiger partial charge is 0.483 e. The lowest BCUT2D eigenvalue weighted by Gasteiger charge is -2.11. The first-order chi connectivity index (χ1) is 13.0. The summed E-state index contributed by atoms with van der Waals surface area (Å²) in [6.07, 6.45) is 4.18. The second-order valence-electron chi connectivity index (χ2n) is 6.59. The van der Waals surface area contributed by atoms with E-state index in [1.807, 2.05) is 32.0 Å². The van der Waals surface area contributed by atoms with Crippen LogP contribution in [0.4, 0.5) is 5.00 Å². The molecule has 27 heavy (non-hydrogen) atoms. The van der Waals surface area contributed by atoms with Crippen LogP contribution in [0.15, 0.2) is 18.2 Å². The van der Waals surface area contributed by atoms with Crippen molar-refractivity contribution in [3.63, 3.8) is 0 Å². The van der Waals surface area contributed by atoms with Crippen LogP contribution in [-0.2, 0) is 17.6 Å². The predicted octanol–water partition coefficient (Wildman–Crippen LogP) is 4.01. The summed E-state index contributed by atoms with van der Waals surface area (Å²) in [5, 5.41) is 16.0. The van der Waals surface area contributed by atoms with Gasteiger partial charge in [-0.25, -0.2) is 0 Å². The molecule has 2 aromatic rings. The quantitative estimate of drug-likeness (QED) is 0.760. The Morgan fingerprint density at radius 2 is 2.11 bits per heavy atom. The highest BCUT2D eigenvalue weighted by atomic mass is 32.1. The molecule has 1 aliphatic carbocycles. The summed E-state index contributed by atoms with van der Waals surface area (Å²) in [6, 6.07) is 8.12. The third-order valence-corrected chi connectivity index (χ3v) is 5.88. The molecular formula is C20H21N3O2S2. The number of thiophene rings is 1. The van der Waals surface area contributed by atoms with Crippen molar-refractivity contribution >= 4 is 39.6 Å². The third kappa shape index (κ3) is 4.65. The van der Waals surface area contributed by atoms with Gasteiger partial charge in [0, 0.05) is 4.88 Å². The predicted molar refractivity (Wildman–Crippen MR) is 111 cm³/mol. The molecular weight excluding hydrogens is 378 g/mol. The van der Waals surface area contributed by atoms with Crippen LogP contribution in [0.3, 0.4) is 0 Å². The molecule has 1 aromatic carbocycles. The van der Waals surface area contributed by atoms with Gasteiger partial charge in [-0.3, -0.25) is 10.1 Å². The highest BCUT2D eigenvalue weighted by Crippen LogP contribution is 2.37. The lowest BCUT2D eigenvalue weighted by molar-refractivity contribution is -0.121. The number of thiocarbonyl (C=S) groups is 1. The summed E-state index contributed by atoms with van der Waals surface area (Å²) in [5.41, 5.74) is 3.82. The molecule has 5 nitrogen and oxygen atoms in total. The van der Waals surface area contributed by atoms with Crippen molar-refractivity contribution in [2.24, 2.45) is 0 Å². The maximum Gasteiger partial charge on any atom is 0.264 e. The van der Waals surface area contributed by atoms with Gasteiger partial charge in [-0.2, -0.15) is 5.26 Å². The summed E-state index contributed by atoms with van der Waals surface area (Å²) in [5.74, 6) is 0.343. The number of hydrogen-bond donors (Lipinski definition) is 2. The lowest BCUT2D eigenvalue weighted by atomic mass is 9.96. The van der Waals surface area contributed by atoms with Gasteiger partial charge >= 0.3 is 0 Å². The van der Waals surface area contributed by atoms with E-state index in [0.717, 1.165) is 42.4 Å². The van der Waals surface area contributed by atoms with Crippen LogP contribution >= 0.6 is 23.6 Å². The molecule has 0 radical (unpaired) electrons. The molecule has 0 atom stereocenters. The molecule has 1 aliphatic rings. The van der Waals surface area contributed by atoms with Crippen molar-refractivity contribution in [2.45, 2.75) is 39.5 Å². The maximum atomic E-state index is 12.1. The number of rotatable bonds is 4. The van der Waals surface area contributed by atoms with Crippen LogP contribution in [-0.4, -0.2) is 17.6 Å². The minimum atomic E-state index is -0.340. The number of benzene rings is 1. The van der Waals surface area contributed by atoms with Gasteiger partial charge < -0.3 is 10.1 Å². The number of ether oxygens (including phenoxy) is 1. The number of amides is 1. The van der Waals surface area contributed by atoms with Gasteiger partial charge in [0.1, 0.15) is 16.8 Å². The van der Waals surface area contributed by atoms with Gasteiger partial charge in [0.2, 0.25) is 0 Å². The number of nitrogens with zero attached hydrogens (tertiary/aromatic N) is 1. The van der Waals surface area contributed by atoms with Crippen LogP contribution in [0.2, 0.25) is 0 Å². The molecule has 1 amide bonds. The van der Waals surface area contributed by atoms with E-state index in [1.54, 1.807) is 11.3 Å². The van der Waals surface area contributed by atoms with Gasteiger partial charge in [0.05, 0.1) is 5.56 Å². The molecule has 0 spiro atoms. The fourth-order valence-corrected chi connectivity index (χ4v) is 4.60. The summed E-state index contributed by atoms with van der Waals surface area (Å²) in [6.45, 7) is 3.78. The van der Waals surface area contributed by atoms with E-state index in [2.05, 4.69) is 16.7 Å². The summed E-state index contributed by atoms with van der Waals surface area (Å²) >= 11 is 6.79. The zero-order valence-corrected chi connectivity index (χ0v) is 17.0. The highest BCUT2D eigenvalue weighted by molar-refractivity contribution is 7.80. The molecule has 1 heterocycles. The van der Waals surface area contributed by atoms with Gasteiger partial charge in [-0.15, -0.1) is 11.3 Å². The Morgan fingerprint density at radius 3 is 2.89 bits per heavy atom. The van der Waals surface area contributed by atoms with Crippen molar-refractivity contribution in [2.75, 3.05) is 11.9 Å². The van der Waals surface area contributed by atoms with Gasteiger partial charge in [0.25, 0.3) is 5.91 Å². The molecule has 3 rings (SSSR count). The van der Waals surface area contributed by atoms with E-state index < -0.39 is 0 Å². The topological polar surface area (TPSA) is 74.2 Å². The van der Waals surface area contributed by atoms with Crippen molar-refractivity contribution in [3.8, 4) is 11.8 Å². The maximum absolute atomic E-state index is 12.1. The minimum absolute atomic E-state index is 0.127. The Bertz CT molecular complexity index is 928. The van der Waals surface area contributed by atoms with E-state index in [4.69, 9.17) is 17.0 Å². The number of carbonyl (C=O) groups excluding carboxylic acids is 1. The Labute approximate surface area is 168 Å². The third-order valence-electron chi connectivity index (χ3n) is 4.47. The zero-order chi connectivity index (χ0) is 19.4. The number of aryl methyl sites for hydroxylation is 3. The first kappa shape index (κ1) is 19.3. The standard InChI is InChI=1S/C20H21N3O2S2/c1-12-7-8-13(2)16(9-12)25-11-18(24)22-20(26)23-19-15(10-21)14-5-3-4-6-17(14)27-19/h7-9H,3-6,11H2,1-2H3,(H2,22,23,24,26). The first-order valence-corrected chi connectivity index (χ1v) is 10.1. The van der Waals surface area contributed by atoms with E-state index in [1.165, 1.54) is 4.88 Å². The van der Waals surface area contributed by atoms with Gasteiger partial charge in [-0.1, -0.05) is 12.1 Å². The average Bonchev–Trinajstić information content (AvgIpc) is 2.99. The van der Waals surface area contributed by atoms with Gasteiger partial charge in [-0.05, 0) is 74.5 Å². The Balaban J connectivity index is 1.58. The zero-order valence-electron chi connectivity index (χ0n) is 15.3. The van der Waals surface area contributed by atoms with E-state index in [-0.39, 0.29) is 17.6 Å². The smallest absolute Gasteiger partial charge is 0.264 e. The average molecular weight is 400 g/mol. The van der Waals surface area contributed by atoms with Gasteiger partial charge in [0.15, 0.2) is 11.7 Å². The molecule has 0 fully saturated rings. The first-order valence-electron chi connectivity index (χ1n) is 8.83. The molecule has 0 saturated carbocycles. The summed E-state index contributed by atoms with van der Waals surface area (Å²) < 4.78 is 5.59. The van der Waals surface area contributed by atoms with Crippen LogP contribution in [0.1, 0.15) is 40.0 Å².